The first-order valence-electron chi connectivity index (χ1n) is 14.9. The SMILES string of the molecule is CC(C)(C)c1ccc(-c2ccc3nn(C(CC4CCCCC4)c4ccc(C(=O)NCCC(=O)O)cc4)cc3c2)cc1. The lowest BCUT2D eigenvalue weighted by Crippen LogP contribution is -2.26. The number of benzene rings is 3. The van der Waals surface area contributed by atoms with E-state index in [1.165, 1.54) is 48.8 Å². The number of aliphatic carboxylic acids is 1. The number of carboxylic acids is 1. The van der Waals surface area contributed by atoms with E-state index in [4.69, 9.17) is 10.2 Å². The standard InChI is InChI=1S/C35H41N3O3/c1-35(2,3)30-16-13-25(14-17-30)28-15-18-31-29(22-28)23-38(37-31)32(21-24-7-5-4-6-8-24)26-9-11-27(12-10-26)34(41)36-20-19-33(39)40/h9-18,22-24,32H,4-8,19-21H2,1-3H3,(H,36,41)(H,39,40). The number of carboxylic acid groups (broad SMARTS) is 1. The van der Waals surface area contributed by atoms with Gasteiger partial charge in [-0.25, -0.2) is 0 Å². The molecule has 6 nitrogen and oxygen atoms in total. The zero-order valence-corrected chi connectivity index (χ0v) is 24.4. The largest absolute Gasteiger partial charge is 0.481 e. The number of aromatic nitrogens is 2. The molecule has 1 aliphatic rings. The van der Waals surface area contributed by atoms with Gasteiger partial charge >= 0.3 is 5.97 Å². The van der Waals surface area contributed by atoms with Crippen molar-refractivity contribution in [3.8, 4) is 11.1 Å². The van der Waals surface area contributed by atoms with Gasteiger partial charge in [-0.1, -0.05) is 95.3 Å². The van der Waals surface area contributed by atoms with Gasteiger partial charge in [0, 0.05) is 23.7 Å². The van der Waals surface area contributed by atoms with Crippen LogP contribution in [0.1, 0.15) is 93.2 Å². The second-order valence-electron chi connectivity index (χ2n) is 12.5. The monoisotopic (exact) mass is 551 g/mol. The van der Waals surface area contributed by atoms with E-state index in [9.17, 15) is 9.59 Å². The number of nitrogens with one attached hydrogen (secondary N) is 1. The molecule has 214 valence electrons. The Morgan fingerprint density at radius 3 is 2.29 bits per heavy atom. The van der Waals surface area contributed by atoms with E-state index in [0.29, 0.717) is 11.5 Å². The van der Waals surface area contributed by atoms with Crippen LogP contribution in [0.15, 0.2) is 72.9 Å². The summed E-state index contributed by atoms with van der Waals surface area (Å²) in [5.41, 5.74) is 6.46. The first-order chi connectivity index (χ1) is 19.7. The molecule has 1 aliphatic carbocycles. The highest BCUT2D eigenvalue weighted by atomic mass is 16.4. The molecule has 0 saturated heterocycles. The molecule has 4 aromatic rings. The summed E-state index contributed by atoms with van der Waals surface area (Å²) in [7, 11) is 0. The smallest absolute Gasteiger partial charge is 0.305 e. The minimum atomic E-state index is -0.927. The topological polar surface area (TPSA) is 84.2 Å². The van der Waals surface area contributed by atoms with Gasteiger partial charge in [0.2, 0.25) is 0 Å². The lowest BCUT2D eigenvalue weighted by atomic mass is 9.83. The Kier molecular flexibility index (Phi) is 8.57. The number of carbonyl (C=O) groups is 2. The van der Waals surface area contributed by atoms with Crippen LogP contribution in [-0.2, 0) is 10.2 Å². The highest BCUT2D eigenvalue weighted by Gasteiger charge is 2.23. The average Bonchev–Trinajstić information content (AvgIpc) is 3.39. The first kappa shape index (κ1) is 28.6. The molecule has 41 heavy (non-hydrogen) atoms. The van der Waals surface area contributed by atoms with Gasteiger partial charge in [0.25, 0.3) is 5.91 Å². The van der Waals surface area contributed by atoms with Crippen molar-refractivity contribution in [3.05, 3.63) is 89.6 Å². The van der Waals surface area contributed by atoms with Crippen LogP contribution in [0.3, 0.4) is 0 Å². The predicted octanol–water partition coefficient (Wildman–Crippen LogP) is 7.77. The van der Waals surface area contributed by atoms with Gasteiger partial charge in [0.1, 0.15) is 0 Å². The van der Waals surface area contributed by atoms with Crippen LogP contribution in [0, 0.1) is 5.92 Å². The molecule has 1 fully saturated rings. The Labute approximate surface area is 242 Å². The summed E-state index contributed by atoms with van der Waals surface area (Å²) in [5, 5.41) is 17.7. The lowest BCUT2D eigenvalue weighted by molar-refractivity contribution is -0.136. The van der Waals surface area contributed by atoms with E-state index in [0.717, 1.165) is 22.9 Å². The zero-order valence-electron chi connectivity index (χ0n) is 24.4. The summed E-state index contributed by atoms with van der Waals surface area (Å²) in [5.74, 6) is -0.533. The molecule has 0 aliphatic heterocycles. The van der Waals surface area contributed by atoms with Crippen molar-refractivity contribution < 1.29 is 14.7 Å². The van der Waals surface area contributed by atoms with Crippen molar-refractivity contribution in [2.45, 2.75) is 77.2 Å². The maximum Gasteiger partial charge on any atom is 0.305 e. The molecule has 1 atom stereocenters. The van der Waals surface area contributed by atoms with Gasteiger partial charge < -0.3 is 10.4 Å². The van der Waals surface area contributed by atoms with E-state index < -0.39 is 5.97 Å². The fourth-order valence-electron chi connectivity index (χ4n) is 5.92. The molecule has 0 spiro atoms. The molecule has 3 aromatic carbocycles. The molecule has 1 saturated carbocycles. The normalized spacial score (nSPS) is 15.1. The predicted molar refractivity (Wildman–Crippen MR) is 164 cm³/mol. The number of hydrogen-bond donors (Lipinski definition) is 2. The first-order valence-corrected chi connectivity index (χ1v) is 14.9. The Hall–Kier alpha value is -3.93. The van der Waals surface area contributed by atoms with Crippen LogP contribution in [0.25, 0.3) is 22.0 Å². The molecule has 6 heteroatoms. The summed E-state index contributed by atoms with van der Waals surface area (Å²) >= 11 is 0. The molecule has 1 heterocycles. The number of amides is 1. The van der Waals surface area contributed by atoms with Crippen LogP contribution in [-0.4, -0.2) is 33.3 Å². The van der Waals surface area contributed by atoms with Crippen LogP contribution in [0.2, 0.25) is 0 Å². The number of hydrogen-bond acceptors (Lipinski definition) is 3. The highest BCUT2D eigenvalue weighted by molar-refractivity contribution is 5.94. The van der Waals surface area contributed by atoms with Crippen molar-refractivity contribution in [1.29, 1.82) is 0 Å². The molecule has 1 unspecified atom stereocenters. The van der Waals surface area contributed by atoms with Crippen LogP contribution < -0.4 is 5.32 Å². The minimum absolute atomic E-state index is 0.0733. The highest BCUT2D eigenvalue weighted by Crippen LogP contribution is 2.35. The van der Waals surface area contributed by atoms with E-state index in [2.05, 4.69) is 79.4 Å². The van der Waals surface area contributed by atoms with Gasteiger partial charge in [-0.05, 0) is 64.3 Å². The molecule has 0 bridgehead atoms. The maximum atomic E-state index is 12.5. The van der Waals surface area contributed by atoms with Gasteiger partial charge in [0.05, 0.1) is 18.0 Å². The molecule has 1 aromatic heterocycles. The van der Waals surface area contributed by atoms with Gasteiger partial charge in [-0.3, -0.25) is 14.3 Å². The summed E-state index contributed by atoms with van der Waals surface area (Å²) < 4.78 is 2.12. The van der Waals surface area contributed by atoms with Gasteiger partial charge in [-0.15, -0.1) is 0 Å². The fraction of sp³-hybridized carbons (Fsp3) is 0.400. The number of rotatable bonds is 9. The Bertz CT molecular complexity index is 1490. The second-order valence-corrected chi connectivity index (χ2v) is 12.5. The molecular formula is C35H41N3O3. The summed E-state index contributed by atoms with van der Waals surface area (Å²) in [4.78, 5) is 23.3. The minimum Gasteiger partial charge on any atom is -0.481 e. The van der Waals surface area contributed by atoms with Crippen LogP contribution in [0.5, 0.6) is 0 Å². The molecule has 2 N–H and O–H groups in total. The molecule has 0 radical (unpaired) electrons. The third-order valence-corrected chi connectivity index (χ3v) is 8.39. The number of carbonyl (C=O) groups excluding carboxylic acids is 1. The summed E-state index contributed by atoms with van der Waals surface area (Å²) in [6.07, 6.45) is 9.46. The second kappa shape index (κ2) is 12.3. The number of nitrogens with zero attached hydrogens (tertiary/aromatic N) is 2. The molecule has 1 amide bonds. The average molecular weight is 552 g/mol. The third kappa shape index (κ3) is 7.05. The zero-order chi connectivity index (χ0) is 29.0. The fourth-order valence-corrected chi connectivity index (χ4v) is 5.92. The van der Waals surface area contributed by atoms with Crippen molar-refractivity contribution in [1.82, 2.24) is 15.1 Å². The van der Waals surface area contributed by atoms with E-state index >= 15 is 0 Å². The maximum absolute atomic E-state index is 12.5. The van der Waals surface area contributed by atoms with Crippen LogP contribution in [0.4, 0.5) is 0 Å². The van der Waals surface area contributed by atoms with Crippen molar-refractivity contribution in [2.75, 3.05) is 6.54 Å². The third-order valence-electron chi connectivity index (χ3n) is 8.39. The summed E-state index contributed by atoms with van der Waals surface area (Å²) in [6, 6.07) is 23.1. The quantitative estimate of drug-likeness (QED) is 0.223. The molecule has 5 rings (SSSR count). The Morgan fingerprint density at radius 1 is 0.951 bits per heavy atom. The van der Waals surface area contributed by atoms with Crippen LogP contribution >= 0.6 is 0 Å². The van der Waals surface area contributed by atoms with Crippen molar-refractivity contribution >= 4 is 22.8 Å². The van der Waals surface area contributed by atoms with E-state index in [-0.39, 0.29) is 30.3 Å². The Balaban J connectivity index is 1.41. The number of fused-ring (bicyclic) bond motifs is 1. The van der Waals surface area contributed by atoms with Gasteiger partial charge in [-0.2, -0.15) is 5.10 Å². The van der Waals surface area contributed by atoms with E-state index in [1.807, 2.05) is 24.3 Å². The lowest BCUT2D eigenvalue weighted by Gasteiger charge is -2.27. The summed E-state index contributed by atoms with van der Waals surface area (Å²) in [6.45, 7) is 6.81. The molecular weight excluding hydrogens is 510 g/mol. The van der Waals surface area contributed by atoms with Gasteiger partial charge in [0.15, 0.2) is 0 Å². The van der Waals surface area contributed by atoms with E-state index in [1.54, 1.807) is 0 Å². The van der Waals surface area contributed by atoms with Crippen molar-refractivity contribution in [2.24, 2.45) is 5.92 Å². The van der Waals surface area contributed by atoms with Crippen molar-refractivity contribution in [3.63, 3.8) is 0 Å². The Morgan fingerprint density at radius 2 is 1.63 bits per heavy atom.